The zero-order valence-electron chi connectivity index (χ0n) is 12.2. The Bertz CT molecular complexity index is 651. The van der Waals surface area contributed by atoms with Gasteiger partial charge in [0.25, 0.3) is 0 Å². The van der Waals surface area contributed by atoms with Gasteiger partial charge in [-0.2, -0.15) is 0 Å². The fourth-order valence-corrected chi connectivity index (χ4v) is 2.75. The third-order valence-electron chi connectivity index (χ3n) is 4.11. The molecular formula is C18H20N2O. The van der Waals surface area contributed by atoms with Crippen molar-refractivity contribution < 1.29 is 4.79 Å². The molecule has 0 fully saturated rings. The summed E-state index contributed by atoms with van der Waals surface area (Å²) in [6, 6.07) is 16.3. The van der Waals surface area contributed by atoms with Crippen LogP contribution in [0.4, 0.5) is 0 Å². The van der Waals surface area contributed by atoms with Crippen molar-refractivity contribution in [1.82, 2.24) is 10.6 Å². The molecule has 1 aliphatic heterocycles. The van der Waals surface area contributed by atoms with Gasteiger partial charge in [-0.15, -0.1) is 0 Å². The van der Waals surface area contributed by atoms with Crippen molar-refractivity contribution in [1.29, 1.82) is 0 Å². The van der Waals surface area contributed by atoms with E-state index >= 15 is 0 Å². The minimum absolute atomic E-state index is 0.0766. The number of aryl methyl sites for hydroxylation is 1. The van der Waals surface area contributed by atoms with Crippen LogP contribution in [0.3, 0.4) is 0 Å². The van der Waals surface area contributed by atoms with E-state index in [4.69, 9.17) is 0 Å². The Morgan fingerprint density at radius 3 is 2.67 bits per heavy atom. The number of hydrogen-bond donors (Lipinski definition) is 2. The summed E-state index contributed by atoms with van der Waals surface area (Å²) in [5.74, 6) is 0.0766. The number of hydrogen-bond acceptors (Lipinski definition) is 2. The Morgan fingerprint density at radius 1 is 1.14 bits per heavy atom. The van der Waals surface area contributed by atoms with Crippen molar-refractivity contribution in [3.8, 4) is 0 Å². The Hall–Kier alpha value is -2.13. The van der Waals surface area contributed by atoms with Crippen LogP contribution in [-0.2, 0) is 24.3 Å². The lowest BCUT2D eigenvalue weighted by Gasteiger charge is -2.25. The largest absolute Gasteiger partial charge is 0.351 e. The molecule has 2 aromatic rings. The molecule has 1 heterocycles. The van der Waals surface area contributed by atoms with Gasteiger partial charge in [-0.25, -0.2) is 0 Å². The lowest BCUT2D eigenvalue weighted by atomic mass is 9.95. The predicted molar refractivity (Wildman–Crippen MR) is 83.8 cm³/mol. The van der Waals surface area contributed by atoms with E-state index in [1.165, 1.54) is 22.3 Å². The summed E-state index contributed by atoms with van der Waals surface area (Å²) in [5, 5.41) is 6.35. The molecule has 0 unspecified atom stereocenters. The van der Waals surface area contributed by atoms with Crippen LogP contribution < -0.4 is 10.6 Å². The van der Waals surface area contributed by atoms with Crippen LogP contribution >= 0.6 is 0 Å². The molecule has 2 aromatic carbocycles. The molecule has 0 spiro atoms. The van der Waals surface area contributed by atoms with Gasteiger partial charge in [-0.1, -0.05) is 48.5 Å². The third kappa shape index (κ3) is 3.14. The molecule has 1 atom stereocenters. The Labute approximate surface area is 125 Å². The van der Waals surface area contributed by atoms with Gasteiger partial charge in [0, 0.05) is 13.1 Å². The first-order valence-electron chi connectivity index (χ1n) is 7.36. The second kappa shape index (κ2) is 6.10. The topological polar surface area (TPSA) is 41.1 Å². The van der Waals surface area contributed by atoms with Gasteiger partial charge in [-0.3, -0.25) is 4.79 Å². The Balaban J connectivity index is 1.61. The summed E-state index contributed by atoms with van der Waals surface area (Å²) in [6.45, 7) is 3.42. The highest BCUT2D eigenvalue weighted by Gasteiger charge is 2.23. The summed E-state index contributed by atoms with van der Waals surface area (Å²) in [5.41, 5.74) is 4.94. The van der Waals surface area contributed by atoms with E-state index in [2.05, 4.69) is 41.8 Å². The van der Waals surface area contributed by atoms with Gasteiger partial charge in [0.2, 0.25) is 5.91 Å². The molecule has 0 saturated carbocycles. The summed E-state index contributed by atoms with van der Waals surface area (Å²) >= 11 is 0. The van der Waals surface area contributed by atoms with E-state index in [0.717, 1.165) is 13.0 Å². The maximum Gasteiger partial charge on any atom is 0.237 e. The molecule has 0 aliphatic carbocycles. The zero-order chi connectivity index (χ0) is 14.7. The average molecular weight is 280 g/mol. The first-order chi connectivity index (χ1) is 10.2. The first kappa shape index (κ1) is 13.8. The van der Waals surface area contributed by atoms with E-state index < -0.39 is 0 Å². The molecule has 2 N–H and O–H groups in total. The lowest BCUT2D eigenvalue weighted by Crippen LogP contribution is -2.47. The van der Waals surface area contributed by atoms with E-state index in [1.807, 2.05) is 24.3 Å². The van der Waals surface area contributed by atoms with Crippen LogP contribution in [0.25, 0.3) is 0 Å². The highest BCUT2D eigenvalue weighted by atomic mass is 16.2. The Kier molecular flexibility index (Phi) is 4.02. The van der Waals surface area contributed by atoms with E-state index in [9.17, 15) is 4.79 Å². The number of carbonyl (C=O) groups excluding carboxylic acids is 1. The van der Waals surface area contributed by atoms with E-state index in [0.29, 0.717) is 6.54 Å². The van der Waals surface area contributed by atoms with Crippen LogP contribution in [0, 0.1) is 6.92 Å². The van der Waals surface area contributed by atoms with Crippen molar-refractivity contribution in [2.45, 2.75) is 32.5 Å². The minimum Gasteiger partial charge on any atom is -0.351 e. The molecule has 0 saturated heterocycles. The normalized spacial score (nSPS) is 17.1. The molecular weight excluding hydrogens is 260 g/mol. The smallest absolute Gasteiger partial charge is 0.237 e. The minimum atomic E-state index is -0.135. The van der Waals surface area contributed by atoms with Crippen LogP contribution in [0.5, 0.6) is 0 Å². The molecule has 3 heteroatoms. The van der Waals surface area contributed by atoms with E-state index in [-0.39, 0.29) is 11.9 Å². The van der Waals surface area contributed by atoms with Crippen molar-refractivity contribution in [3.05, 3.63) is 70.8 Å². The maximum atomic E-state index is 12.3. The van der Waals surface area contributed by atoms with Crippen molar-refractivity contribution in [3.63, 3.8) is 0 Å². The predicted octanol–water partition coefficient (Wildman–Crippen LogP) is 2.33. The number of fused-ring (bicyclic) bond motifs is 1. The van der Waals surface area contributed by atoms with Crippen LogP contribution in [0.15, 0.2) is 48.5 Å². The first-order valence-corrected chi connectivity index (χ1v) is 7.36. The number of rotatable bonds is 3. The SMILES string of the molecule is Cc1ccccc1CNC(=O)[C@@H]1Cc2ccccc2CN1. The molecule has 0 bridgehead atoms. The fourth-order valence-electron chi connectivity index (χ4n) is 2.75. The van der Waals surface area contributed by atoms with Gasteiger partial charge in [0.15, 0.2) is 0 Å². The standard InChI is InChI=1S/C18H20N2O/c1-13-6-2-3-8-15(13)11-20-18(21)17-10-14-7-4-5-9-16(14)12-19-17/h2-9,17,19H,10-12H2,1H3,(H,20,21)/t17-/m0/s1. The highest BCUT2D eigenvalue weighted by Crippen LogP contribution is 2.16. The van der Waals surface area contributed by atoms with E-state index in [1.54, 1.807) is 0 Å². The summed E-state index contributed by atoms with van der Waals surface area (Å²) < 4.78 is 0. The fraction of sp³-hybridized carbons (Fsp3) is 0.278. The number of carbonyl (C=O) groups is 1. The highest BCUT2D eigenvalue weighted by molar-refractivity contribution is 5.82. The molecule has 21 heavy (non-hydrogen) atoms. The van der Waals surface area contributed by atoms with Gasteiger partial charge in [0.05, 0.1) is 6.04 Å². The van der Waals surface area contributed by atoms with Crippen molar-refractivity contribution >= 4 is 5.91 Å². The molecule has 1 aliphatic rings. The van der Waals surface area contributed by atoms with Gasteiger partial charge in [0.1, 0.15) is 0 Å². The van der Waals surface area contributed by atoms with Crippen molar-refractivity contribution in [2.75, 3.05) is 0 Å². The van der Waals surface area contributed by atoms with Crippen LogP contribution in [0.1, 0.15) is 22.3 Å². The molecule has 3 rings (SSSR count). The molecule has 108 valence electrons. The monoisotopic (exact) mass is 280 g/mol. The molecule has 1 amide bonds. The zero-order valence-corrected chi connectivity index (χ0v) is 12.2. The second-order valence-corrected chi connectivity index (χ2v) is 5.55. The summed E-state index contributed by atoms with van der Waals surface area (Å²) in [4.78, 5) is 12.3. The molecule has 0 aromatic heterocycles. The summed E-state index contributed by atoms with van der Waals surface area (Å²) in [6.07, 6.45) is 0.760. The maximum absolute atomic E-state index is 12.3. The van der Waals surface area contributed by atoms with Crippen molar-refractivity contribution in [2.24, 2.45) is 0 Å². The van der Waals surface area contributed by atoms with Crippen LogP contribution in [0.2, 0.25) is 0 Å². The third-order valence-corrected chi connectivity index (χ3v) is 4.11. The quantitative estimate of drug-likeness (QED) is 0.906. The Morgan fingerprint density at radius 2 is 1.86 bits per heavy atom. The number of nitrogens with one attached hydrogen (secondary N) is 2. The molecule has 3 nitrogen and oxygen atoms in total. The summed E-state index contributed by atoms with van der Waals surface area (Å²) in [7, 11) is 0. The van der Waals surface area contributed by atoms with Gasteiger partial charge in [-0.05, 0) is 35.6 Å². The van der Waals surface area contributed by atoms with Gasteiger partial charge >= 0.3 is 0 Å². The second-order valence-electron chi connectivity index (χ2n) is 5.55. The number of benzene rings is 2. The molecule has 0 radical (unpaired) electrons. The average Bonchev–Trinajstić information content (AvgIpc) is 2.53. The lowest BCUT2D eigenvalue weighted by molar-refractivity contribution is -0.123. The van der Waals surface area contributed by atoms with Gasteiger partial charge < -0.3 is 10.6 Å². The van der Waals surface area contributed by atoms with Crippen LogP contribution in [-0.4, -0.2) is 11.9 Å². The number of amides is 1.